The van der Waals surface area contributed by atoms with Crippen LogP contribution in [0.25, 0.3) is 5.76 Å². The molecular weight excluding hydrogens is 436 g/mol. The standard InChI is InChI=1S/C22H24N2O9/c1-21(32)7-5-4-6-8(25)9(7)15(26)10-12(21)17(28)13-14(24(2)3)16(27)11(20(23)31)19(30)22(13,33)18(10)29/h4-6,12-14,17,25-26,28,30,32-33H,1-3H3,(H2,23,31)/p+1/t12-,13-,14+,17-,21-,22+/m1/s1. The molecule has 176 valence electrons. The van der Waals surface area contributed by atoms with Crippen molar-refractivity contribution in [3.8, 4) is 5.75 Å². The zero-order chi connectivity index (χ0) is 24.8. The van der Waals surface area contributed by atoms with Gasteiger partial charge in [-0.05, 0) is 18.6 Å². The Morgan fingerprint density at radius 3 is 2.27 bits per heavy atom. The van der Waals surface area contributed by atoms with Crippen molar-refractivity contribution < 1.29 is 49.9 Å². The molecule has 0 aromatic heterocycles. The minimum absolute atomic E-state index is 0.0134. The highest BCUT2D eigenvalue weighted by Gasteiger charge is 2.71. The molecule has 1 amide bonds. The van der Waals surface area contributed by atoms with Crippen molar-refractivity contribution >= 4 is 23.2 Å². The van der Waals surface area contributed by atoms with E-state index in [2.05, 4.69) is 0 Å². The van der Waals surface area contributed by atoms with Crippen LogP contribution in [0.2, 0.25) is 0 Å². The molecule has 3 aliphatic carbocycles. The molecule has 0 radical (unpaired) electrons. The van der Waals surface area contributed by atoms with Gasteiger partial charge in [-0.1, -0.05) is 12.1 Å². The molecule has 33 heavy (non-hydrogen) atoms. The number of likely N-dealkylation sites (N-methyl/N-ethyl adjacent to an activating group) is 1. The minimum Gasteiger partial charge on any atom is -0.508 e. The molecule has 6 atom stereocenters. The molecule has 0 bridgehead atoms. The number of rotatable bonds is 2. The number of fused-ring (bicyclic) bond motifs is 3. The fraction of sp³-hybridized carbons (Fsp3) is 0.409. The van der Waals surface area contributed by atoms with Crippen molar-refractivity contribution in [2.45, 2.75) is 30.3 Å². The molecule has 1 aromatic carbocycles. The van der Waals surface area contributed by atoms with Gasteiger partial charge in [-0.2, -0.15) is 0 Å². The number of carbonyl (C=O) groups excluding carboxylic acids is 3. The lowest BCUT2D eigenvalue weighted by molar-refractivity contribution is -0.881. The summed E-state index contributed by atoms with van der Waals surface area (Å²) >= 11 is 0. The number of aromatic hydroxyl groups is 1. The number of hydrogen-bond acceptors (Lipinski definition) is 9. The third kappa shape index (κ3) is 2.61. The van der Waals surface area contributed by atoms with E-state index in [9.17, 15) is 45.0 Å². The van der Waals surface area contributed by atoms with Crippen LogP contribution in [0.15, 0.2) is 35.1 Å². The number of Topliss-reactive ketones (excluding diaryl/α,β-unsaturated/α-hetero) is 2. The summed E-state index contributed by atoms with van der Waals surface area (Å²) in [6.45, 7) is 1.26. The van der Waals surface area contributed by atoms with E-state index in [1.54, 1.807) is 0 Å². The van der Waals surface area contributed by atoms with E-state index in [1.165, 1.54) is 39.2 Å². The smallest absolute Gasteiger partial charge is 0.256 e. The first-order chi connectivity index (χ1) is 15.2. The van der Waals surface area contributed by atoms with Gasteiger partial charge < -0.3 is 41.3 Å². The SMILES string of the molecule is C[NH+](C)[C@@H]1C(=O)C(C(N)=O)=C(O)[C@@]2(O)C(=O)C3=C(O)c4c(O)cccc4[C@@](C)(O)[C@H]3[C@@H](O)[C@@H]12. The van der Waals surface area contributed by atoms with Gasteiger partial charge in [0.15, 0.2) is 11.6 Å². The first-order valence-corrected chi connectivity index (χ1v) is 10.2. The second-order valence-corrected chi connectivity index (χ2v) is 9.21. The summed E-state index contributed by atoms with van der Waals surface area (Å²) in [5, 5.41) is 66.4. The number of hydrogen-bond donors (Lipinski definition) is 8. The lowest BCUT2D eigenvalue weighted by Gasteiger charge is -2.54. The van der Waals surface area contributed by atoms with Crippen molar-refractivity contribution in [3.05, 3.63) is 46.2 Å². The Morgan fingerprint density at radius 1 is 1.12 bits per heavy atom. The van der Waals surface area contributed by atoms with E-state index in [0.29, 0.717) is 4.90 Å². The summed E-state index contributed by atoms with van der Waals surface area (Å²) < 4.78 is 0. The first kappa shape index (κ1) is 22.9. The number of quaternary nitrogens is 1. The average molecular weight is 461 g/mol. The number of carbonyl (C=O) groups is 3. The van der Waals surface area contributed by atoms with Gasteiger partial charge in [-0.25, -0.2) is 0 Å². The summed E-state index contributed by atoms with van der Waals surface area (Å²) in [6.07, 6.45) is -1.85. The summed E-state index contributed by atoms with van der Waals surface area (Å²) in [5.74, 6) is -9.53. The normalized spacial score (nSPS) is 36.0. The number of ketones is 2. The van der Waals surface area contributed by atoms with Crippen LogP contribution < -0.4 is 10.6 Å². The zero-order valence-corrected chi connectivity index (χ0v) is 18.0. The minimum atomic E-state index is -3.00. The van der Waals surface area contributed by atoms with E-state index in [1.807, 2.05) is 0 Å². The van der Waals surface area contributed by atoms with Crippen LogP contribution in [0.1, 0.15) is 18.1 Å². The quantitative estimate of drug-likeness (QED) is 0.214. The van der Waals surface area contributed by atoms with Gasteiger partial charge in [0.1, 0.15) is 22.8 Å². The maximum Gasteiger partial charge on any atom is 0.256 e. The summed E-state index contributed by atoms with van der Waals surface area (Å²) in [4.78, 5) is 39.0. The molecule has 0 spiro atoms. The number of amides is 1. The molecule has 11 heteroatoms. The Hall–Kier alpha value is -3.25. The Balaban J connectivity index is 2.11. The zero-order valence-electron chi connectivity index (χ0n) is 18.0. The second-order valence-electron chi connectivity index (χ2n) is 9.21. The van der Waals surface area contributed by atoms with Crippen LogP contribution in [0.3, 0.4) is 0 Å². The molecule has 1 fully saturated rings. The highest BCUT2D eigenvalue weighted by atomic mass is 16.4. The van der Waals surface area contributed by atoms with Gasteiger partial charge in [0.2, 0.25) is 11.6 Å². The molecule has 3 aliphatic rings. The monoisotopic (exact) mass is 461 g/mol. The van der Waals surface area contributed by atoms with Gasteiger partial charge in [0, 0.05) is 0 Å². The van der Waals surface area contributed by atoms with Crippen LogP contribution >= 0.6 is 0 Å². The van der Waals surface area contributed by atoms with Crippen LogP contribution in [-0.2, 0) is 20.0 Å². The number of nitrogens with one attached hydrogen (secondary N) is 1. The average Bonchev–Trinajstić information content (AvgIpc) is 2.70. The van der Waals surface area contributed by atoms with Crippen molar-refractivity contribution in [2.24, 2.45) is 17.6 Å². The molecule has 0 heterocycles. The molecule has 9 N–H and O–H groups in total. The molecule has 4 rings (SSSR count). The summed E-state index contributed by atoms with van der Waals surface area (Å²) in [6, 6.07) is 2.60. The Kier molecular flexibility index (Phi) is 4.78. The van der Waals surface area contributed by atoms with Crippen LogP contribution in [-0.4, -0.2) is 80.0 Å². The maximum atomic E-state index is 13.7. The Morgan fingerprint density at radius 2 is 1.73 bits per heavy atom. The third-order valence-corrected chi connectivity index (χ3v) is 7.13. The van der Waals surface area contributed by atoms with E-state index < -0.39 is 81.1 Å². The fourth-order valence-electron chi connectivity index (χ4n) is 5.69. The maximum absolute atomic E-state index is 13.7. The van der Waals surface area contributed by atoms with E-state index in [-0.39, 0.29) is 11.1 Å². The van der Waals surface area contributed by atoms with Crippen molar-refractivity contribution in [1.82, 2.24) is 0 Å². The Bertz CT molecular complexity index is 1180. The van der Waals surface area contributed by atoms with Gasteiger partial charge in [-0.3, -0.25) is 14.4 Å². The fourth-order valence-corrected chi connectivity index (χ4v) is 5.69. The van der Waals surface area contributed by atoms with Gasteiger partial charge in [0.05, 0.1) is 48.8 Å². The molecule has 0 saturated heterocycles. The number of primary amides is 1. The number of phenols is 1. The van der Waals surface area contributed by atoms with Crippen molar-refractivity contribution in [3.63, 3.8) is 0 Å². The van der Waals surface area contributed by atoms with Gasteiger partial charge in [0.25, 0.3) is 5.91 Å². The number of aliphatic hydroxyl groups excluding tert-OH is 3. The predicted octanol–water partition coefficient (Wildman–Crippen LogP) is -2.82. The highest BCUT2D eigenvalue weighted by Crippen LogP contribution is 2.56. The Labute approximate surface area is 187 Å². The topological polar surface area (TPSA) is 203 Å². The second kappa shape index (κ2) is 6.87. The third-order valence-electron chi connectivity index (χ3n) is 7.13. The molecule has 0 aliphatic heterocycles. The van der Waals surface area contributed by atoms with Crippen LogP contribution in [0, 0.1) is 11.8 Å². The predicted molar refractivity (Wildman–Crippen MR) is 111 cm³/mol. The van der Waals surface area contributed by atoms with Crippen LogP contribution in [0.5, 0.6) is 5.75 Å². The van der Waals surface area contributed by atoms with E-state index in [4.69, 9.17) is 5.73 Å². The summed E-state index contributed by atoms with van der Waals surface area (Å²) in [5.41, 5.74) is -1.69. The van der Waals surface area contributed by atoms with Gasteiger partial charge in [-0.15, -0.1) is 0 Å². The molecule has 0 unspecified atom stereocenters. The van der Waals surface area contributed by atoms with E-state index in [0.717, 1.165) is 0 Å². The summed E-state index contributed by atoms with van der Waals surface area (Å²) in [7, 11) is 2.96. The number of aliphatic hydroxyl groups is 5. The molecule has 11 nitrogen and oxygen atoms in total. The largest absolute Gasteiger partial charge is 0.508 e. The van der Waals surface area contributed by atoms with E-state index >= 15 is 0 Å². The lowest BCUT2D eigenvalue weighted by Crippen LogP contribution is -3.13. The molecular formula is C22H25N2O9+. The highest BCUT2D eigenvalue weighted by molar-refractivity contribution is 6.24. The van der Waals surface area contributed by atoms with Gasteiger partial charge >= 0.3 is 0 Å². The van der Waals surface area contributed by atoms with Crippen molar-refractivity contribution in [2.75, 3.05) is 14.1 Å². The molecule has 1 aromatic rings. The number of nitrogens with two attached hydrogens (primary N) is 1. The lowest BCUT2D eigenvalue weighted by atomic mass is 9.53. The number of phenolic OH excluding ortho intramolecular Hbond substituents is 1. The van der Waals surface area contributed by atoms with Crippen LogP contribution in [0.4, 0.5) is 0 Å². The first-order valence-electron chi connectivity index (χ1n) is 10.2. The molecule has 1 saturated carbocycles. The number of benzene rings is 1. The van der Waals surface area contributed by atoms with Crippen molar-refractivity contribution in [1.29, 1.82) is 0 Å².